The quantitative estimate of drug-likeness (QED) is 0.588. The van der Waals surface area contributed by atoms with Crippen molar-refractivity contribution in [1.29, 1.82) is 0 Å². The van der Waals surface area contributed by atoms with Gasteiger partial charge < -0.3 is 15.5 Å². The molecule has 3 rings (SSSR count). The first-order valence-electron chi connectivity index (χ1n) is 8.73. The Morgan fingerprint density at radius 1 is 1.11 bits per heavy atom. The van der Waals surface area contributed by atoms with Gasteiger partial charge in [-0.15, -0.1) is 12.4 Å². The van der Waals surface area contributed by atoms with Crippen molar-refractivity contribution < 1.29 is 9.72 Å². The van der Waals surface area contributed by atoms with Gasteiger partial charge in [0.25, 0.3) is 5.69 Å². The summed E-state index contributed by atoms with van der Waals surface area (Å²) >= 11 is 5.87. The Labute approximate surface area is 174 Å². The van der Waals surface area contributed by atoms with Crippen molar-refractivity contribution in [2.45, 2.75) is 12.5 Å². The number of nitrogens with zero attached hydrogens (tertiary/aromatic N) is 3. The van der Waals surface area contributed by atoms with Gasteiger partial charge in [-0.25, -0.2) is 0 Å². The van der Waals surface area contributed by atoms with Crippen LogP contribution in [0.15, 0.2) is 48.5 Å². The second-order valence-electron chi connectivity index (χ2n) is 6.50. The van der Waals surface area contributed by atoms with Crippen LogP contribution in [0.5, 0.6) is 0 Å². The third-order valence-corrected chi connectivity index (χ3v) is 4.95. The molecule has 0 aliphatic carbocycles. The monoisotopic (exact) mass is 424 g/mol. The van der Waals surface area contributed by atoms with E-state index in [0.29, 0.717) is 43.3 Å². The Hall–Kier alpha value is -2.35. The summed E-state index contributed by atoms with van der Waals surface area (Å²) < 4.78 is 0. The topological polar surface area (TPSA) is 92.7 Å². The number of amides is 1. The largest absolute Gasteiger partial charge is 0.362 e. The molecule has 1 unspecified atom stereocenters. The molecule has 0 aromatic heterocycles. The van der Waals surface area contributed by atoms with Gasteiger partial charge >= 0.3 is 0 Å². The fraction of sp³-hybridized carbons (Fsp3) is 0.316. The Balaban J connectivity index is 0.00000280. The second-order valence-corrected chi connectivity index (χ2v) is 6.93. The van der Waals surface area contributed by atoms with Crippen LogP contribution in [0.25, 0.3) is 0 Å². The Kier molecular flexibility index (Phi) is 7.62. The summed E-state index contributed by atoms with van der Waals surface area (Å²) in [5.74, 6) is -0.104. The molecule has 1 atom stereocenters. The van der Waals surface area contributed by atoms with Gasteiger partial charge in [0.05, 0.1) is 11.0 Å². The average Bonchev–Trinajstić information content (AvgIpc) is 2.69. The standard InChI is InChI=1S/C19H21ClN4O3.ClH/c20-15-7-5-14(6-8-15)13-16(21)19(25)23-11-9-22(10-12-23)17-3-1-2-4-18(17)24(26)27;/h1-8,16H,9-13,21H2;1H. The zero-order chi connectivity index (χ0) is 19.4. The van der Waals surface area contributed by atoms with E-state index in [2.05, 4.69) is 0 Å². The normalized spacial score (nSPS) is 14.9. The van der Waals surface area contributed by atoms with Crippen LogP contribution in [0.3, 0.4) is 0 Å². The molecule has 1 amide bonds. The van der Waals surface area contributed by atoms with Crippen LogP contribution >= 0.6 is 24.0 Å². The molecule has 1 aliphatic heterocycles. The molecule has 150 valence electrons. The van der Waals surface area contributed by atoms with Gasteiger partial charge in [0, 0.05) is 37.3 Å². The summed E-state index contributed by atoms with van der Waals surface area (Å²) in [5.41, 5.74) is 7.72. The third kappa shape index (κ3) is 5.13. The first-order chi connectivity index (χ1) is 13.0. The number of anilines is 1. The summed E-state index contributed by atoms with van der Waals surface area (Å²) in [7, 11) is 0. The molecule has 0 radical (unpaired) electrons. The first kappa shape index (κ1) is 21.9. The van der Waals surface area contributed by atoms with Gasteiger partial charge in [-0.05, 0) is 30.2 Å². The number of halogens is 2. The van der Waals surface area contributed by atoms with Crippen LogP contribution in [-0.2, 0) is 11.2 Å². The number of nitro benzene ring substituents is 1. The van der Waals surface area contributed by atoms with Crippen molar-refractivity contribution in [2.24, 2.45) is 5.73 Å². The zero-order valence-electron chi connectivity index (χ0n) is 15.2. The number of piperazine rings is 1. The summed E-state index contributed by atoms with van der Waals surface area (Å²) in [5, 5.41) is 11.9. The SMILES string of the molecule is Cl.NC(Cc1ccc(Cl)cc1)C(=O)N1CCN(c2ccccc2[N+](=O)[O-])CC1. The molecule has 1 fully saturated rings. The van der Waals surface area contributed by atoms with E-state index in [9.17, 15) is 14.9 Å². The minimum atomic E-state index is -0.621. The number of para-hydroxylation sites is 2. The lowest BCUT2D eigenvalue weighted by Crippen LogP contribution is -2.53. The van der Waals surface area contributed by atoms with E-state index >= 15 is 0 Å². The molecule has 0 bridgehead atoms. The molecular formula is C19H22Cl2N4O3. The van der Waals surface area contributed by atoms with Gasteiger partial charge in [0.15, 0.2) is 0 Å². The lowest BCUT2D eigenvalue weighted by Gasteiger charge is -2.36. The van der Waals surface area contributed by atoms with Crippen LogP contribution in [-0.4, -0.2) is 48.0 Å². The molecule has 9 heteroatoms. The number of carbonyl (C=O) groups is 1. The number of benzene rings is 2. The molecule has 7 nitrogen and oxygen atoms in total. The van der Waals surface area contributed by atoms with Crippen molar-refractivity contribution in [3.8, 4) is 0 Å². The number of nitro groups is 1. The van der Waals surface area contributed by atoms with Crippen molar-refractivity contribution in [3.63, 3.8) is 0 Å². The van der Waals surface area contributed by atoms with E-state index in [1.165, 1.54) is 6.07 Å². The number of hydrogen-bond donors (Lipinski definition) is 1. The lowest BCUT2D eigenvalue weighted by molar-refractivity contribution is -0.384. The van der Waals surface area contributed by atoms with Gasteiger partial charge in [0.2, 0.25) is 5.91 Å². The van der Waals surface area contributed by atoms with Gasteiger partial charge in [0.1, 0.15) is 5.69 Å². The summed E-state index contributed by atoms with van der Waals surface area (Å²) in [6.07, 6.45) is 0.445. The average molecular weight is 425 g/mol. The maximum atomic E-state index is 12.6. The van der Waals surface area contributed by atoms with E-state index in [-0.39, 0.29) is 28.9 Å². The first-order valence-corrected chi connectivity index (χ1v) is 9.10. The second kappa shape index (κ2) is 9.73. The third-order valence-electron chi connectivity index (χ3n) is 4.70. The van der Waals surface area contributed by atoms with Crippen molar-refractivity contribution in [2.75, 3.05) is 31.1 Å². The molecule has 0 spiro atoms. The lowest BCUT2D eigenvalue weighted by atomic mass is 10.1. The minimum Gasteiger partial charge on any atom is -0.362 e. The highest BCUT2D eigenvalue weighted by molar-refractivity contribution is 6.30. The number of hydrogen-bond acceptors (Lipinski definition) is 5. The maximum absolute atomic E-state index is 12.6. The van der Waals surface area contributed by atoms with Crippen molar-refractivity contribution in [3.05, 3.63) is 69.2 Å². The van der Waals surface area contributed by atoms with Crippen LogP contribution in [0.4, 0.5) is 11.4 Å². The van der Waals surface area contributed by atoms with Crippen molar-refractivity contribution >= 4 is 41.3 Å². The molecule has 2 aromatic rings. The number of nitrogens with two attached hydrogens (primary N) is 1. The fourth-order valence-corrected chi connectivity index (χ4v) is 3.38. The predicted octanol–water partition coefficient (Wildman–Crippen LogP) is 2.89. The fourth-order valence-electron chi connectivity index (χ4n) is 3.25. The van der Waals surface area contributed by atoms with Crippen LogP contribution < -0.4 is 10.6 Å². The molecule has 0 saturated carbocycles. The Bertz CT molecular complexity index is 824. The molecule has 28 heavy (non-hydrogen) atoms. The zero-order valence-corrected chi connectivity index (χ0v) is 16.7. The van der Waals surface area contributed by atoms with E-state index in [1.807, 2.05) is 17.0 Å². The highest BCUT2D eigenvalue weighted by Gasteiger charge is 2.27. The molecule has 2 N–H and O–H groups in total. The van der Waals surface area contributed by atoms with E-state index in [1.54, 1.807) is 35.2 Å². The summed E-state index contributed by atoms with van der Waals surface area (Å²) in [6, 6.07) is 13.3. The number of rotatable bonds is 5. The highest BCUT2D eigenvalue weighted by atomic mass is 35.5. The maximum Gasteiger partial charge on any atom is 0.292 e. The molecule has 1 heterocycles. The predicted molar refractivity (Wildman–Crippen MR) is 112 cm³/mol. The minimum absolute atomic E-state index is 0. The highest BCUT2D eigenvalue weighted by Crippen LogP contribution is 2.28. The van der Waals surface area contributed by atoms with E-state index in [0.717, 1.165) is 5.56 Å². The van der Waals surface area contributed by atoms with Crippen LogP contribution in [0, 0.1) is 10.1 Å². The van der Waals surface area contributed by atoms with E-state index in [4.69, 9.17) is 17.3 Å². The molecule has 2 aromatic carbocycles. The van der Waals surface area contributed by atoms with Crippen LogP contribution in [0.1, 0.15) is 5.56 Å². The van der Waals surface area contributed by atoms with E-state index < -0.39 is 6.04 Å². The Morgan fingerprint density at radius 3 is 2.32 bits per heavy atom. The molecular weight excluding hydrogens is 403 g/mol. The Morgan fingerprint density at radius 2 is 1.71 bits per heavy atom. The molecule has 1 aliphatic rings. The van der Waals surface area contributed by atoms with Crippen molar-refractivity contribution in [1.82, 2.24) is 4.90 Å². The summed E-state index contributed by atoms with van der Waals surface area (Å²) in [6.45, 7) is 2.03. The summed E-state index contributed by atoms with van der Waals surface area (Å²) in [4.78, 5) is 27.1. The molecule has 1 saturated heterocycles. The van der Waals surface area contributed by atoms with Crippen LogP contribution in [0.2, 0.25) is 5.02 Å². The number of carbonyl (C=O) groups excluding carboxylic acids is 1. The van der Waals surface area contributed by atoms with Gasteiger partial charge in [-0.3, -0.25) is 14.9 Å². The van der Waals surface area contributed by atoms with Gasteiger partial charge in [-0.2, -0.15) is 0 Å². The smallest absolute Gasteiger partial charge is 0.292 e. The van der Waals surface area contributed by atoms with Gasteiger partial charge in [-0.1, -0.05) is 35.9 Å².